The zero-order chi connectivity index (χ0) is 9.14. The Morgan fingerprint density at radius 3 is 3.00 bits per heavy atom. The van der Waals surface area contributed by atoms with E-state index in [9.17, 15) is 14.9 Å². The summed E-state index contributed by atoms with van der Waals surface area (Å²) in [5.74, 6) is 3.45. The summed E-state index contributed by atoms with van der Waals surface area (Å²) < 4.78 is 0. The molecule has 1 aromatic heterocycles. The third-order valence-corrected chi connectivity index (χ3v) is 1.12. The molecule has 0 aliphatic rings. The molecule has 0 amide bonds. The molecule has 8 heteroatoms. The van der Waals surface area contributed by atoms with Gasteiger partial charge in [0.05, 0.1) is 4.92 Å². The summed E-state index contributed by atoms with van der Waals surface area (Å²) in [6.07, 6.45) is 0.965. The van der Waals surface area contributed by atoms with Crippen LogP contribution >= 0.6 is 0 Å². The van der Waals surface area contributed by atoms with E-state index in [0.29, 0.717) is 0 Å². The van der Waals surface area contributed by atoms with Crippen molar-refractivity contribution in [1.82, 2.24) is 10.2 Å². The maximum absolute atomic E-state index is 10.7. The number of nitro groups is 1. The highest BCUT2D eigenvalue weighted by molar-refractivity contribution is 5.91. The summed E-state index contributed by atoms with van der Waals surface area (Å²) in [4.78, 5) is 23.9. The molecule has 1 rings (SSSR count). The molecule has 0 saturated heterocycles. The average Bonchev–Trinajstić information content (AvgIpc) is 2.50. The van der Waals surface area contributed by atoms with E-state index < -0.39 is 22.3 Å². The van der Waals surface area contributed by atoms with Gasteiger partial charge in [-0.3, -0.25) is 15.2 Å². The number of carbonyl (C=O) groups excluding carboxylic acids is 1. The van der Waals surface area contributed by atoms with Crippen molar-refractivity contribution >= 4 is 11.7 Å². The molecule has 1 heterocycles. The lowest BCUT2D eigenvalue weighted by Gasteiger charge is -1.90. The minimum absolute atomic E-state index is 0.442. The highest BCUT2D eigenvalue weighted by Crippen LogP contribution is 2.14. The molecule has 0 aromatic carbocycles. The fourth-order valence-corrected chi connectivity index (χ4v) is 0.629. The quantitative estimate of drug-likeness (QED) is 0.451. The number of carbonyl (C=O) groups is 1. The average molecular weight is 172 g/mol. The number of nitrogens with two attached hydrogens (primary N) is 1. The van der Waals surface area contributed by atoms with Gasteiger partial charge in [-0.25, -0.2) is 4.79 Å². The molecule has 0 fully saturated rings. The second-order valence-corrected chi connectivity index (χ2v) is 1.78. The monoisotopic (exact) mass is 172 g/mol. The molecule has 0 aliphatic heterocycles. The fourth-order valence-electron chi connectivity index (χ4n) is 0.629. The third kappa shape index (κ3) is 1.22. The van der Waals surface area contributed by atoms with E-state index in [4.69, 9.17) is 0 Å². The van der Waals surface area contributed by atoms with Crippen LogP contribution in [0.5, 0.6) is 0 Å². The van der Waals surface area contributed by atoms with Crippen LogP contribution in [0.2, 0.25) is 0 Å². The molecule has 0 aliphatic carbocycles. The van der Waals surface area contributed by atoms with Crippen LogP contribution in [0.3, 0.4) is 0 Å². The van der Waals surface area contributed by atoms with Crippen molar-refractivity contribution < 1.29 is 14.6 Å². The molecule has 8 nitrogen and oxygen atoms in total. The van der Waals surface area contributed by atoms with Crippen LogP contribution < -0.4 is 5.90 Å². The maximum Gasteiger partial charge on any atom is 0.384 e. The second kappa shape index (κ2) is 2.96. The van der Waals surface area contributed by atoms with Gasteiger partial charge >= 0.3 is 11.7 Å². The van der Waals surface area contributed by atoms with Crippen molar-refractivity contribution in [2.75, 3.05) is 0 Å². The number of hydrogen-bond donors (Lipinski definition) is 2. The van der Waals surface area contributed by atoms with E-state index >= 15 is 0 Å². The van der Waals surface area contributed by atoms with Crippen molar-refractivity contribution in [3.05, 3.63) is 22.0 Å². The summed E-state index contributed by atoms with van der Waals surface area (Å²) in [6.45, 7) is 0. The lowest BCUT2D eigenvalue weighted by Crippen LogP contribution is -2.12. The van der Waals surface area contributed by atoms with E-state index in [1.54, 1.807) is 0 Å². The Morgan fingerprint density at radius 2 is 2.50 bits per heavy atom. The Hall–Kier alpha value is -1.96. The highest BCUT2D eigenvalue weighted by Gasteiger charge is 2.24. The molecule has 64 valence electrons. The largest absolute Gasteiger partial charge is 0.384 e. The summed E-state index contributed by atoms with van der Waals surface area (Å²) >= 11 is 0. The first-order valence-corrected chi connectivity index (χ1v) is 2.76. The number of hydrogen-bond acceptors (Lipinski definition) is 6. The second-order valence-electron chi connectivity index (χ2n) is 1.78. The molecule has 0 saturated carbocycles. The highest BCUT2D eigenvalue weighted by atomic mass is 16.7. The van der Waals surface area contributed by atoms with Crippen molar-refractivity contribution in [2.24, 2.45) is 5.90 Å². The van der Waals surface area contributed by atoms with Crippen LogP contribution in [0.25, 0.3) is 0 Å². The van der Waals surface area contributed by atoms with Crippen molar-refractivity contribution in [3.63, 3.8) is 0 Å². The Balaban J connectivity index is 3.07. The molecule has 0 atom stereocenters. The maximum atomic E-state index is 10.7. The molecule has 0 unspecified atom stereocenters. The van der Waals surface area contributed by atoms with E-state index in [-0.39, 0.29) is 0 Å². The standard InChI is InChI=1S/C4H4N4O4/c5-12-4(9)3-2(8(10)11)1-6-7-3/h1H,5H2,(H,6,7). The van der Waals surface area contributed by atoms with Crippen molar-refractivity contribution in [2.45, 2.75) is 0 Å². The van der Waals surface area contributed by atoms with Crippen LogP contribution in [0, 0.1) is 10.1 Å². The van der Waals surface area contributed by atoms with Crippen LogP contribution in [0.1, 0.15) is 10.5 Å². The smallest absolute Gasteiger partial charge is 0.368 e. The molecule has 3 N–H and O–H groups in total. The first kappa shape index (κ1) is 8.14. The summed E-state index contributed by atoms with van der Waals surface area (Å²) in [6, 6.07) is 0. The van der Waals surface area contributed by atoms with Crippen LogP contribution in [0.4, 0.5) is 5.69 Å². The van der Waals surface area contributed by atoms with E-state index in [2.05, 4.69) is 20.9 Å². The van der Waals surface area contributed by atoms with Crippen LogP contribution in [-0.4, -0.2) is 21.1 Å². The first-order valence-electron chi connectivity index (χ1n) is 2.76. The predicted molar refractivity (Wildman–Crippen MR) is 34.8 cm³/mol. The lowest BCUT2D eigenvalue weighted by molar-refractivity contribution is -0.385. The lowest BCUT2D eigenvalue weighted by atomic mass is 10.4. The van der Waals surface area contributed by atoms with Gasteiger partial charge in [-0.15, -0.1) is 0 Å². The minimum Gasteiger partial charge on any atom is -0.368 e. The molecule has 1 aromatic rings. The van der Waals surface area contributed by atoms with Gasteiger partial charge in [0, 0.05) is 0 Å². The molecule has 12 heavy (non-hydrogen) atoms. The molecular weight excluding hydrogens is 168 g/mol. The van der Waals surface area contributed by atoms with Gasteiger partial charge in [-0.05, 0) is 0 Å². The number of aromatic nitrogens is 2. The topological polar surface area (TPSA) is 124 Å². The zero-order valence-corrected chi connectivity index (χ0v) is 5.68. The normalized spacial score (nSPS) is 9.42. The van der Waals surface area contributed by atoms with Crippen molar-refractivity contribution in [3.8, 4) is 0 Å². The summed E-state index contributed by atoms with van der Waals surface area (Å²) in [5.41, 5.74) is -0.909. The van der Waals surface area contributed by atoms with Gasteiger partial charge in [0.25, 0.3) is 0 Å². The minimum atomic E-state index is -1.05. The number of aromatic amines is 1. The summed E-state index contributed by atoms with van der Waals surface area (Å²) in [5, 5.41) is 15.6. The van der Waals surface area contributed by atoms with Gasteiger partial charge in [0.15, 0.2) is 0 Å². The number of nitrogens with zero attached hydrogens (tertiary/aromatic N) is 2. The van der Waals surface area contributed by atoms with Gasteiger partial charge in [-0.2, -0.15) is 11.0 Å². The fraction of sp³-hybridized carbons (Fsp3) is 0. The third-order valence-electron chi connectivity index (χ3n) is 1.12. The SMILES string of the molecule is NOC(=O)c1n[nH]cc1[N+](=O)[O-]. The van der Waals surface area contributed by atoms with E-state index in [1.807, 2.05) is 0 Å². The molecule has 0 bridgehead atoms. The van der Waals surface area contributed by atoms with Gasteiger partial charge < -0.3 is 4.84 Å². The van der Waals surface area contributed by atoms with Crippen LogP contribution in [0.15, 0.2) is 6.20 Å². The zero-order valence-electron chi connectivity index (χ0n) is 5.68. The Kier molecular flexibility index (Phi) is 2.01. The molecular formula is C4H4N4O4. The van der Waals surface area contributed by atoms with Gasteiger partial charge in [-0.1, -0.05) is 0 Å². The van der Waals surface area contributed by atoms with Crippen LogP contribution in [-0.2, 0) is 4.84 Å². The number of H-pyrrole nitrogens is 1. The Labute approximate surface area is 65.4 Å². The Morgan fingerprint density at radius 1 is 1.83 bits per heavy atom. The molecule has 0 spiro atoms. The predicted octanol–water partition coefficient (Wildman–Crippen LogP) is -0.652. The van der Waals surface area contributed by atoms with E-state index in [0.717, 1.165) is 6.20 Å². The number of rotatable bonds is 2. The van der Waals surface area contributed by atoms with Gasteiger partial charge in [0.2, 0.25) is 5.69 Å². The molecule has 0 radical (unpaired) electrons. The first-order chi connectivity index (χ1) is 5.66. The van der Waals surface area contributed by atoms with Crippen molar-refractivity contribution in [1.29, 1.82) is 0 Å². The van der Waals surface area contributed by atoms with E-state index in [1.165, 1.54) is 0 Å². The summed E-state index contributed by atoms with van der Waals surface area (Å²) in [7, 11) is 0. The Bertz CT molecular complexity index is 319. The van der Waals surface area contributed by atoms with Gasteiger partial charge in [0.1, 0.15) is 6.20 Å². The number of nitrogens with one attached hydrogen (secondary N) is 1.